The van der Waals surface area contributed by atoms with Crippen LogP contribution in [0.15, 0.2) is 0 Å². The predicted molar refractivity (Wildman–Crippen MR) is 76.2 cm³/mol. The molecule has 18 heavy (non-hydrogen) atoms. The van der Waals surface area contributed by atoms with Crippen LogP contribution in [0.2, 0.25) is 0 Å². The summed E-state index contributed by atoms with van der Waals surface area (Å²) in [6.45, 7) is 9.26. The van der Waals surface area contributed by atoms with Crippen LogP contribution in [0.3, 0.4) is 0 Å². The van der Waals surface area contributed by atoms with Crippen LogP contribution in [0, 0.1) is 17.3 Å². The average molecular weight is 254 g/mol. The summed E-state index contributed by atoms with van der Waals surface area (Å²) in [7, 11) is 0. The maximum Gasteiger partial charge on any atom is 0.224 e. The number of hydrogen-bond donors (Lipinski definition) is 2. The lowest BCUT2D eigenvalue weighted by molar-refractivity contribution is -0.127. The fourth-order valence-corrected chi connectivity index (χ4v) is 2.93. The number of amides is 1. The van der Waals surface area contributed by atoms with Gasteiger partial charge in [0, 0.05) is 12.6 Å². The van der Waals surface area contributed by atoms with Crippen molar-refractivity contribution in [3.8, 4) is 0 Å². The Bertz CT molecular complexity index is 274. The third-order valence-corrected chi connectivity index (χ3v) is 4.23. The Morgan fingerprint density at radius 1 is 1.39 bits per heavy atom. The van der Waals surface area contributed by atoms with Crippen LogP contribution in [0.4, 0.5) is 0 Å². The van der Waals surface area contributed by atoms with E-state index in [1.54, 1.807) is 0 Å². The molecule has 1 aliphatic rings. The number of nitrogens with one attached hydrogen (secondary N) is 1. The lowest BCUT2D eigenvalue weighted by atomic mass is 9.73. The Labute approximate surface area is 112 Å². The first-order valence-electron chi connectivity index (χ1n) is 7.37. The van der Waals surface area contributed by atoms with E-state index < -0.39 is 0 Å². The van der Waals surface area contributed by atoms with E-state index in [1.165, 1.54) is 19.3 Å². The SMILES string of the molecule is CC(C)CC(CN)C(=O)NC1CCCCC1(C)C. The molecule has 0 heterocycles. The Kier molecular flexibility index (Phi) is 5.64. The van der Waals surface area contributed by atoms with Gasteiger partial charge in [-0.1, -0.05) is 40.5 Å². The molecule has 3 heteroatoms. The molecule has 3 nitrogen and oxygen atoms in total. The van der Waals surface area contributed by atoms with Crippen LogP contribution in [0.1, 0.15) is 59.8 Å². The van der Waals surface area contributed by atoms with Gasteiger partial charge in [-0.3, -0.25) is 4.79 Å². The van der Waals surface area contributed by atoms with Crippen molar-refractivity contribution < 1.29 is 4.79 Å². The lowest BCUT2D eigenvalue weighted by Gasteiger charge is -2.39. The van der Waals surface area contributed by atoms with Gasteiger partial charge in [-0.25, -0.2) is 0 Å². The summed E-state index contributed by atoms with van der Waals surface area (Å²) in [4.78, 5) is 12.3. The van der Waals surface area contributed by atoms with Gasteiger partial charge in [0.2, 0.25) is 5.91 Å². The first-order valence-corrected chi connectivity index (χ1v) is 7.37. The molecule has 1 fully saturated rings. The summed E-state index contributed by atoms with van der Waals surface area (Å²) in [5.74, 6) is 0.651. The quantitative estimate of drug-likeness (QED) is 0.792. The molecular weight excluding hydrogens is 224 g/mol. The Balaban J connectivity index is 2.56. The van der Waals surface area contributed by atoms with Gasteiger partial charge in [0.05, 0.1) is 5.92 Å². The summed E-state index contributed by atoms with van der Waals surface area (Å²) >= 11 is 0. The maximum atomic E-state index is 12.3. The van der Waals surface area contributed by atoms with Gasteiger partial charge in [-0.2, -0.15) is 0 Å². The number of hydrogen-bond acceptors (Lipinski definition) is 2. The molecule has 1 rings (SSSR count). The second-order valence-corrected chi connectivity index (χ2v) is 6.86. The van der Waals surface area contributed by atoms with Crippen molar-refractivity contribution in [3.05, 3.63) is 0 Å². The number of nitrogens with two attached hydrogens (primary N) is 1. The van der Waals surface area contributed by atoms with E-state index in [-0.39, 0.29) is 17.2 Å². The monoisotopic (exact) mass is 254 g/mol. The molecule has 1 aliphatic carbocycles. The molecule has 0 radical (unpaired) electrons. The normalized spacial score (nSPS) is 24.9. The summed E-state index contributed by atoms with van der Waals surface area (Å²) < 4.78 is 0. The molecule has 1 amide bonds. The highest BCUT2D eigenvalue weighted by molar-refractivity contribution is 5.79. The van der Waals surface area contributed by atoms with Crippen LogP contribution in [0.5, 0.6) is 0 Å². The molecule has 0 bridgehead atoms. The minimum absolute atomic E-state index is 0.0253. The molecule has 2 unspecified atom stereocenters. The average Bonchev–Trinajstić information content (AvgIpc) is 2.28. The van der Waals surface area contributed by atoms with Gasteiger partial charge < -0.3 is 11.1 Å². The summed E-state index contributed by atoms with van der Waals surface area (Å²) in [6.07, 6.45) is 5.71. The third-order valence-electron chi connectivity index (χ3n) is 4.23. The molecule has 0 aromatic rings. The van der Waals surface area contributed by atoms with Crippen LogP contribution >= 0.6 is 0 Å². The number of carbonyl (C=O) groups excluding carboxylic acids is 1. The van der Waals surface area contributed by atoms with E-state index in [2.05, 4.69) is 33.0 Å². The smallest absolute Gasteiger partial charge is 0.224 e. The summed E-state index contributed by atoms with van der Waals surface area (Å²) in [5.41, 5.74) is 5.96. The molecule has 1 saturated carbocycles. The molecular formula is C15H30N2O. The van der Waals surface area contributed by atoms with Crippen molar-refractivity contribution in [2.24, 2.45) is 23.0 Å². The lowest BCUT2D eigenvalue weighted by Crippen LogP contribution is -2.49. The fraction of sp³-hybridized carbons (Fsp3) is 0.933. The van der Waals surface area contributed by atoms with Crippen LogP contribution < -0.4 is 11.1 Å². The molecule has 3 N–H and O–H groups in total. The van der Waals surface area contributed by atoms with Gasteiger partial charge in [0.1, 0.15) is 0 Å². The van der Waals surface area contributed by atoms with Crippen LogP contribution in [-0.2, 0) is 4.79 Å². The fourth-order valence-electron chi connectivity index (χ4n) is 2.93. The molecule has 0 spiro atoms. The van der Waals surface area contributed by atoms with Crippen molar-refractivity contribution in [2.45, 2.75) is 65.8 Å². The van der Waals surface area contributed by atoms with E-state index in [0.717, 1.165) is 12.8 Å². The van der Waals surface area contributed by atoms with Crippen molar-refractivity contribution in [1.82, 2.24) is 5.32 Å². The standard InChI is InChI=1S/C15H30N2O/c1-11(2)9-12(10-16)14(18)17-13-7-5-6-8-15(13,3)4/h11-13H,5-10,16H2,1-4H3,(H,17,18). The number of carbonyl (C=O) groups is 1. The molecule has 2 atom stereocenters. The topological polar surface area (TPSA) is 55.1 Å². The van der Waals surface area contributed by atoms with E-state index >= 15 is 0 Å². The highest BCUT2D eigenvalue weighted by atomic mass is 16.2. The number of rotatable bonds is 5. The van der Waals surface area contributed by atoms with Crippen molar-refractivity contribution >= 4 is 5.91 Å². The maximum absolute atomic E-state index is 12.3. The van der Waals surface area contributed by atoms with Gasteiger partial charge in [0.15, 0.2) is 0 Å². The summed E-state index contributed by atoms with van der Waals surface area (Å²) in [5, 5.41) is 3.25. The zero-order valence-corrected chi connectivity index (χ0v) is 12.5. The van der Waals surface area contributed by atoms with Gasteiger partial charge in [-0.05, 0) is 30.6 Å². The van der Waals surface area contributed by atoms with Crippen molar-refractivity contribution in [2.75, 3.05) is 6.54 Å². The van der Waals surface area contributed by atoms with E-state index in [9.17, 15) is 4.79 Å². The molecule has 0 aliphatic heterocycles. The van der Waals surface area contributed by atoms with Gasteiger partial charge >= 0.3 is 0 Å². The minimum atomic E-state index is -0.0253. The molecule has 106 valence electrons. The Hall–Kier alpha value is -0.570. The van der Waals surface area contributed by atoms with Crippen LogP contribution in [-0.4, -0.2) is 18.5 Å². The second kappa shape index (κ2) is 6.55. The van der Waals surface area contributed by atoms with E-state index in [4.69, 9.17) is 5.73 Å². The zero-order chi connectivity index (χ0) is 13.8. The van der Waals surface area contributed by atoms with Gasteiger partial charge in [0.25, 0.3) is 0 Å². The largest absolute Gasteiger partial charge is 0.353 e. The van der Waals surface area contributed by atoms with Gasteiger partial charge in [-0.15, -0.1) is 0 Å². The zero-order valence-electron chi connectivity index (χ0n) is 12.5. The highest BCUT2D eigenvalue weighted by Gasteiger charge is 2.34. The minimum Gasteiger partial charge on any atom is -0.353 e. The molecule has 0 aromatic heterocycles. The Morgan fingerprint density at radius 2 is 2.06 bits per heavy atom. The van der Waals surface area contributed by atoms with Crippen molar-refractivity contribution in [1.29, 1.82) is 0 Å². The highest BCUT2D eigenvalue weighted by Crippen LogP contribution is 2.35. The van der Waals surface area contributed by atoms with Crippen LogP contribution in [0.25, 0.3) is 0 Å². The van der Waals surface area contributed by atoms with E-state index in [1.807, 2.05) is 0 Å². The molecule has 0 saturated heterocycles. The van der Waals surface area contributed by atoms with E-state index in [0.29, 0.717) is 18.5 Å². The Morgan fingerprint density at radius 3 is 2.56 bits per heavy atom. The second-order valence-electron chi connectivity index (χ2n) is 6.86. The molecule has 0 aromatic carbocycles. The third kappa shape index (κ3) is 4.27. The first-order chi connectivity index (χ1) is 8.36. The first kappa shape index (κ1) is 15.5. The predicted octanol–water partition coefficient (Wildman–Crippen LogP) is 2.69. The summed E-state index contributed by atoms with van der Waals surface area (Å²) in [6, 6.07) is 0.319. The van der Waals surface area contributed by atoms with Crippen molar-refractivity contribution in [3.63, 3.8) is 0 Å².